The number of halogens is 3. The first-order valence-electron chi connectivity index (χ1n) is 7.29. The number of rotatable bonds is 6. The van der Waals surface area contributed by atoms with E-state index in [1.165, 1.54) is 18.2 Å². The smallest absolute Gasteiger partial charge is 0.457 e. The third-order valence-corrected chi connectivity index (χ3v) is 4.51. The topological polar surface area (TPSA) is 52.6 Å². The van der Waals surface area contributed by atoms with Crippen LogP contribution in [0.1, 0.15) is 22.8 Å². The fourth-order valence-electron chi connectivity index (χ4n) is 2.00. The van der Waals surface area contributed by atoms with Crippen LogP contribution >= 0.6 is 0 Å². The van der Waals surface area contributed by atoms with Gasteiger partial charge in [0.25, 0.3) is 0 Å². The van der Waals surface area contributed by atoms with Gasteiger partial charge in [0.1, 0.15) is 12.4 Å². The Labute approximate surface area is 145 Å². The second-order valence-electron chi connectivity index (χ2n) is 4.90. The molecule has 134 valence electrons. The average Bonchev–Trinajstić information content (AvgIpc) is 2.59. The van der Waals surface area contributed by atoms with Crippen LogP contribution in [0.4, 0.5) is 13.2 Å². The minimum atomic E-state index is -4.76. The van der Waals surface area contributed by atoms with Crippen molar-refractivity contribution >= 4 is 16.8 Å². The molecule has 0 amide bonds. The Morgan fingerprint density at radius 3 is 2.32 bits per heavy atom. The van der Waals surface area contributed by atoms with Crippen LogP contribution in [0.25, 0.3) is 0 Å². The zero-order valence-corrected chi connectivity index (χ0v) is 14.0. The molecule has 2 aromatic carbocycles. The summed E-state index contributed by atoms with van der Waals surface area (Å²) in [6.07, 6.45) is -4.76. The number of esters is 1. The van der Waals surface area contributed by atoms with E-state index in [0.29, 0.717) is 16.2 Å². The summed E-state index contributed by atoms with van der Waals surface area (Å²) in [4.78, 5) is 12.6. The average molecular weight is 372 g/mol. The minimum absolute atomic E-state index is 0.127. The molecular formula is C17H15F3O4S. The Morgan fingerprint density at radius 1 is 1.08 bits per heavy atom. The van der Waals surface area contributed by atoms with Gasteiger partial charge in [-0.25, -0.2) is 4.79 Å². The summed E-state index contributed by atoms with van der Waals surface area (Å²) in [6, 6.07) is 11.4. The first-order valence-corrected chi connectivity index (χ1v) is 8.61. The lowest BCUT2D eigenvalue weighted by Gasteiger charge is -2.10. The Bertz CT molecular complexity index is 757. The molecule has 1 atom stereocenters. The Kier molecular flexibility index (Phi) is 6.19. The van der Waals surface area contributed by atoms with Gasteiger partial charge in [0.2, 0.25) is 0 Å². The van der Waals surface area contributed by atoms with Crippen LogP contribution in [0.15, 0.2) is 53.4 Å². The summed E-state index contributed by atoms with van der Waals surface area (Å²) < 4.78 is 57.2. The standard InChI is InChI=1S/C17H15F3O4S/c1-2-25(22)15-6-4-3-5-14(15)16(21)23-11-12-7-9-13(10-8-12)24-17(18,19)20/h3-10H,2,11H2,1H3. The molecular weight excluding hydrogens is 357 g/mol. The molecule has 25 heavy (non-hydrogen) atoms. The van der Waals surface area contributed by atoms with Crippen LogP contribution < -0.4 is 4.74 Å². The lowest BCUT2D eigenvalue weighted by molar-refractivity contribution is -0.274. The van der Waals surface area contributed by atoms with Gasteiger partial charge in [-0.05, 0) is 29.8 Å². The van der Waals surface area contributed by atoms with Gasteiger partial charge in [0.15, 0.2) is 0 Å². The summed E-state index contributed by atoms with van der Waals surface area (Å²) in [5, 5.41) is 0. The van der Waals surface area contributed by atoms with Crippen molar-refractivity contribution < 1.29 is 31.6 Å². The van der Waals surface area contributed by atoms with E-state index in [2.05, 4.69) is 4.74 Å². The van der Waals surface area contributed by atoms with Crippen LogP contribution in [0.2, 0.25) is 0 Å². The van der Waals surface area contributed by atoms with E-state index >= 15 is 0 Å². The maximum Gasteiger partial charge on any atom is 0.573 e. The van der Waals surface area contributed by atoms with Crippen molar-refractivity contribution in [3.63, 3.8) is 0 Å². The van der Waals surface area contributed by atoms with Gasteiger partial charge < -0.3 is 9.47 Å². The van der Waals surface area contributed by atoms with Crippen LogP contribution in [-0.2, 0) is 22.1 Å². The van der Waals surface area contributed by atoms with Gasteiger partial charge in [0.05, 0.1) is 21.3 Å². The summed E-state index contributed by atoms with van der Waals surface area (Å²) in [5.74, 6) is -0.635. The fourth-order valence-corrected chi connectivity index (χ4v) is 2.94. The Morgan fingerprint density at radius 2 is 1.72 bits per heavy atom. The highest BCUT2D eigenvalue weighted by Gasteiger charge is 2.30. The van der Waals surface area contributed by atoms with E-state index < -0.39 is 23.1 Å². The van der Waals surface area contributed by atoms with Gasteiger partial charge in [-0.3, -0.25) is 4.21 Å². The van der Waals surface area contributed by atoms with Crippen molar-refractivity contribution in [2.75, 3.05) is 5.75 Å². The molecule has 0 aliphatic rings. The number of hydrogen-bond donors (Lipinski definition) is 0. The molecule has 0 saturated heterocycles. The SMILES string of the molecule is CCS(=O)c1ccccc1C(=O)OCc1ccc(OC(F)(F)F)cc1. The third-order valence-electron chi connectivity index (χ3n) is 3.14. The molecule has 0 aromatic heterocycles. The zero-order chi connectivity index (χ0) is 18.4. The van der Waals surface area contributed by atoms with E-state index in [9.17, 15) is 22.2 Å². The summed E-state index contributed by atoms with van der Waals surface area (Å²) in [7, 11) is -1.31. The van der Waals surface area contributed by atoms with Crippen LogP contribution in [-0.4, -0.2) is 22.3 Å². The lowest BCUT2D eigenvalue weighted by Crippen LogP contribution is -2.17. The Hall–Kier alpha value is -2.35. The number of ether oxygens (including phenoxy) is 2. The Balaban J connectivity index is 2.02. The van der Waals surface area contributed by atoms with Crippen molar-refractivity contribution in [3.8, 4) is 5.75 Å². The maximum atomic E-state index is 12.2. The molecule has 0 saturated carbocycles. The predicted octanol–water partition coefficient (Wildman–Crippen LogP) is 4.07. The second kappa shape index (κ2) is 8.15. The number of alkyl halides is 3. The van der Waals surface area contributed by atoms with Gasteiger partial charge in [-0.15, -0.1) is 13.2 Å². The van der Waals surface area contributed by atoms with Gasteiger partial charge in [0, 0.05) is 5.75 Å². The quantitative estimate of drug-likeness (QED) is 0.718. The summed E-state index contributed by atoms with van der Waals surface area (Å²) in [5.41, 5.74) is 0.705. The molecule has 0 fully saturated rings. The first-order chi connectivity index (χ1) is 11.8. The normalized spacial score (nSPS) is 12.5. The number of carbonyl (C=O) groups is 1. The largest absolute Gasteiger partial charge is 0.573 e. The van der Waals surface area contributed by atoms with Crippen LogP contribution in [0.5, 0.6) is 5.75 Å². The van der Waals surface area contributed by atoms with E-state index in [1.807, 2.05) is 0 Å². The minimum Gasteiger partial charge on any atom is -0.457 e. The molecule has 2 rings (SSSR count). The third kappa shape index (κ3) is 5.60. The summed E-state index contributed by atoms with van der Waals surface area (Å²) in [6.45, 7) is 1.61. The number of carbonyl (C=O) groups excluding carboxylic acids is 1. The van der Waals surface area contributed by atoms with Crippen molar-refractivity contribution in [2.45, 2.75) is 24.8 Å². The highest BCUT2D eigenvalue weighted by Crippen LogP contribution is 2.23. The molecule has 2 aromatic rings. The molecule has 0 N–H and O–H groups in total. The molecule has 0 radical (unpaired) electrons. The van der Waals surface area contributed by atoms with E-state index in [4.69, 9.17) is 4.74 Å². The van der Waals surface area contributed by atoms with E-state index in [0.717, 1.165) is 12.1 Å². The monoisotopic (exact) mass is 372 g/mol. The van der Waals surface area contributed by atoms with Crippen molar-refractivity contribution in [1.82, 2.24) is 0 Å². The van der Waals surface area contributed by atoms with Gasteiger partial charge >= 0.3 is 12.3 Å². The molecule has 1 unspecified atom stereocenters. The highest BCUT2D eigenvalue weighted by molar-refractivity contribution is 7.85. The number of benzene rings is 2. The molecule has 4 nitrogen and oxygen atoms in total. The van der Waals surface area contributed by atoms with E-state index in [-0.39, 0.29) is 17.9 Å². The second-order valence-corrected chi connectivity index (χ2v) is 6.61. The number of hydrogen-bond acceptors (Lipinski definition) is 4. The molecule has 0 aliphatic heterocycles. The van der Waals surface area contributed by atoms with Gasteiger partial charge in [-0.1, -0.05) is 31.2 Å². The van der Waals surface area contributed by atoms with Crippen molar-refractivity contribution in [1.29, 1.82) is 0 Å². The zero-order valence-electron chi connectivity index (χ0n) is 13.2. The molecule has 8 heteroatoms. The highest BCUT2D eigenvalue weighted by atomic mass is 32.2. The fraction of sp³-hybridized carbons (Fsp3) is 0.235. The van der Waals surface area contributed by atoms with E-state index in [1.54, 1.807) is 25.1 Å². The lowest BCUT2D eigenvalue weighted by atomic mass is 10.2. The maximum absolute atomic E-state index is 12.2. The van der Waals surface area contributed by atoms with Crippen molar-refractivity contribution in [3.05, 3.63) is 59.7 Å². The molecule has 0 spiro atoms. The van der Waals surface area contributed by atoms with Crippen molar-refractivity contribution in [2.24, 2.45) is 0 Å². The van der Waals surface area contributed by atoms with Crippen LogP contribution in [0.3, 0.4) is 0 Å². The molecule has 0 bridgehead atoms. The summed E-state index contributed by atoms with van der Waals surface area (Å²) >= 11 is 0. The molecule has 0 aliphatic carbocycles. The first kappa shape index (κ1) is 19.0. The molecule has 0 heterocycles. The van der Waals surface area contributed by atoms with Gasteiger partial charge in [-0.2, -0.15) is 0 Å². The predicted molar refractivity (Wildman–Crippen MR) is 85.6 cm³/mol. The van der Waals surface area contributed by atoms with Crippen LogP contribution in [0, 0.1) is 0 Å².